The molecule has 3 amide bonds. The molecule has 2 fully saturated rings. The molecule has 0 aromatic heterocycles. The summed E-state index contributed by atoms with van der Waals surface area (Å²) in [7, 11) is 0. The first-order valence-corrected chi connectivity index (χ1v) is 5.95. The second kappa shape index (κ2) is 4.27. The topological polar surface area (TPSA) is 72.9 Å². The maximum Gasteiger partial charge on any atom is 0.324 e. The minimum atomic E-state index is -0.673. The Bertz CT molecular complexity index is 337. The van der Waals surface area contributed by atoms with Crippen molar-refractivity contribution in [3.05, 3.63) is 0 Å². The predicted octanol–water partition coefficient (Wildman–Crippen LogP) is -0.759. The summed E-state index contributed by atoms with van der Waals surface area (Å²) < 4.78 is 0. The van der Waals surface area contributed by atoms with Crippen molar-refractivity contribution in [2.75, 3.05) is 32.7 Å². The fraction of sp³-hybridized carbons (Fsp3) is 0.818. The molecule has 2 N–H and O–H groups in total. The molecule has 0 bridgehead atoms. The van der Waals surface area contributed by atoms with Crippen LogP contribution in [0.2, 0.25) is 0 Å². The van der Waals surface area contributed by atoms with Crippen molar-refractivity contribution in [2.24, 2.45) is 5.92 Å². The fourth-order valence-electron chi connectivity index (χ4n) is 2.19. The SMILES string of the molecule is CC(C)C1(O)CN(CC(=O)N2CCNC2=O)C1. The van der Waals surface area contributed by atoms with Crippen molar-refractivity contribution in [3.63, 3.8) is 0 Å². The Balaban J connectivity index is 1.80. The van der Waals surface area contributed by atoms with Gasteiger partial charge in [-0.2, -0.15) is 0 Å². The van der Waals surface area contributed by atoms with Crippen LogP contribution in [0.3, 0.4) is 0 Å². The van der Waals surface area contributed by atoms with Crippen LogP contribution in [0, 0.1) is 5.92 Å². The second-order valence-corrected chi connectivity index (χ2v) is 5.18. The normalized spacial score (nSPS) is 23.8. The maximum absolute atomic E-state index is 11.8. The van der Waals surface area contributed by atoms with Crippen molar-refractivity contribution in [2.45, 2.75) is 19.4 Å². The third kappa shape index (κ3) is 2.28. The number of likely N-dealkylation sites (tertiary alicyclic amines) is 1. The molecule has 0 aromatic carbocycles. The van der Waals surface area contributed by atoms with Gasteiger partial charge < -0.3 is 10.4 Å². The Kier molecular flexibility index (Phi) is 3.09. The summed E-state index contributed by atoms with van der Waals surface area (Å²) in [5.41, 5.74) is -0.673. The molecule has 2 rings (SSSR count). The van der Waals surface area contributed by atoms with Gasteiger partial charge in [0.1, 0.15) is 0 Å². The van der Waals surface area contributed by atoms with E-state index < -0.39 is 5.60 Å². The van der Waals surface area contributed by atoms with Crippen LogP contribution in [-0.4, -0.2) is 65.2 Å². The number of aliphatic hydroxyl groups is 1. The Morgan fingerprint density at radius 3 is 2.65 bits per heavy atom. The number of hydrogen-bond acceptors (Lipinski definition) is 4. The molecular weight excluding hydrogens is 222 g/mol. The number of rotatable bonds is 3. The van der Waals surface area contributed by atoms with Crippen molar-refractivity contribution < 1.29 is 14.7 Å². The molecule has 96 valence electrons. The summed E-state index contributed by atoms with van der Waals surface area (Å²) in [6, 6.07) is -0.311. The van der Waals surface area contributed by atoms with Crippen LogP contribution in [0.15, 0.2) is 0 Å². The van der Waals surface area contributed by atoms with Crippen molar-refractivity contribution >= 4 is 11.9 Å². The average molecular weight is 241 g/mol. The first kappa shape index (κ1) is 12.3. The lowest BCUT2D eigenvalue weighted by atomic mass is 9.83. The van der Waals surface area contributed by atoms with Crippen molar-refractivity contribution in [1.29, 1.82) is 0 Å². The van der Waals surface area contributed by atoms with Crippen LogP contribution < -0.4 is 5.32 Å². The number of nitrogens with one attached hydrogen (secondary N) is 1. The third-order valence-electron chi connectivity index (χ3n) is 3.59. The van der Waals surface area contributed by atoms with E-state index in [1.165, 1.54) is 4.90 Å². The van der Waals surface area contributed by atoms with Crippen LogP contribution in [0.5, 0.6) is 0 Å². The lowest BCUT2D eigenvalue weighted by molar-refractivity contribution is -0.146. The lowest BCUT2D eigenvalue weighted by Gasteiger charge is -2.49. The van der Waals surface area contributed by atoms with E-state index in [-0.39, 0.29) is 24.4 Å². The molecule has 2 aliphatic rings. The van der Waals surface area contributed by atoms with E-state index in [2.05, 4.69) is 5.32 Å². The van der Waals surface area contributed by atoms with E-state index in [4.69, 9.17) is 0 Å². The zero-order valence-corrected chi connectivity index (χ0v) is 10.3. The molecule has 2 aliphatic heterocycles. The summed E-state index contributed by atoms with van der Waals surface area (Å²) in [4.78, 5) is 26.1. The number of carbonyl (C=O) groups is 2. The van der Waals surface area contributed by atoms with Crippen LogP contribution in [0.4, 0.5) is 4.79 Å². The molecule has 0 aromatic rings. The van der Waals surface area contributed by atoms with E-state index in [1.807, 2.05) is 18.7 Å². The second-order valence-electron chi connectivity index (χ2n) is 5.18. The van der Waals surface area contributed by atoms with E-state index >= 15 is 0 Å². The monoisotopic (exact) mass is 241 g/mol. The summed E-state index contributed by atoms with van der Waals surface area (Å²) >= 11 is 0. The van der Waals surface area contributed by atoms with Gasteiger partial charge in [0.05, 0.1) is 12.1 Å². The molecule has 0 saturated carbocycles. The molecule has 2 heterocycles. The molecule has 0 unspecified atom stereocenters. The molecule has 17 heavy (non-hydrogen) atoms. The minimum absolute atomic E-state index is 0.184. The molecular formula is C11H19N3O3. The molecule has 0 spiro atoms. The number of nitrogens with zero attached hydrogens (tertiary/aromatic N) is 2. The highest BCUT2D eigenvalue weighted by Crippen LogP contribution is 2.28. The smallest absolute Gasteiger partial charge is 0.324 e. The van der Waals surface area contributed by atoms with Gasteiger partial charge in [-0.3, -0.25) is 14.6 Å². The van der Waals surface area contributed by atoms with Gasteiger partial charge in [0.25, 0.3) is 0 Å². The average Bonchev–Trinajstić information content (AvgIpc) is 2.61. The highest BCUT2D eigenvalue weighted by molar-refractivity contribution is 5.96. The van der Waals surface area contributed by atoms with Crippen LogP contribution in [0.1, 0.15) is 13.8 Å². The minimum Gasteiger partial charge on any atom is -0.387 e. The summed E-state index contributed by atoms with van der Waals surface area (Å²) in [5, 5.41) is 12.6. The van der Waals surface area contributed by atoms with Crippen LogP contribution >= 0.6 is 0 Å². The van der Waals surface area contributed by atoms with Gasteiger partial charge in [-0.15, -0.1) is 0 Å². The highest BCUT2D eigenvalue weighted by Gasteiger charge is 2.44. The third-order valence-corrected chi connectivity index (χ3v) is 3.59. The summed E-state index contributed by atoms with van der Waals surface area (Å²) in [6.45, 7) is 6.13. The van der Waals surface area contributed by atoms with E-state index in [1.54, 1.807) is 0 Å². The number of hydrogen-bond donors (Lipinski definition) is 2. The van der Waals surface area contributed by atoms with Gasteiger partial charge in [0, 0.05) is 26.2 Å². The molecule has 2 saturated heterocycles. The Morgan fingerprint density at radius 1 is 1.53 bits per heavy atom. The summed E-state index contributed by atoms with van der Waals surface area (Å²) in [5.74, 6) is -0.00487. The Hall–Kier alpha value is -1.14. The quantitative estimate of drug-likeness (QED) is 0.681. The molecule has 0 atom stereocenters. The number of carbonyl (C=O) groups excluding carboxylic acids is 2. The predicted molar refractivity (Wildman–Crippen MR) is 61.3 cm³/mol. The lowest BCUT2D eigenvalue weighted by Crippen LogP contribution is -2.65. The van der Waals surface area contributed by atoms with Gasteiger partial charge in [-0.1, -0.05) is 13.8 Å². The zero-order valence-electron chi connectivity index (χ0n) is 10.3. The fourth-order valence-corrected chi connectivity index (χ4v) is 2.19. The van der Waals surface area contributed by atoms with Gasteiger partial charge in [-0.25, -0.2) is 4.79 Å². The maximum atomic E-state index is 11.8. The molecule has 0 radical (unpaired) electrons. The summed E-state index contributed by atoms with van der Waals surface area (Å²) in [6.07, 6.45) is 0. The highest BCUT2D eigenvalue weighted by atomic mass is 16.3. The van der Waals surface area contributed by atoms with E-state index in [0.29, 0.717) is 26.2 Å². The first-order chi connectivity index (χ1) is 7.92. The molecule has 0 aliphatic carbocycles. The Labute approximate surface area is 101 Å². The largest absolute Gasteiger partial charge is 0.387 e. The van der Waals surface area contributed by atoms with Gasteiger partial charge >= 0.3 is 6.03 Å². The van der Waals surface area contributed by atoms with Crippen LogP contribution in [-0.2, 0) is 4.79 Å². The zero-order chi connectivity index (χ0) is 12.6. The standard InChI is InChI=1S/C11H19N3O3/c1-8(2)11(17)6-13(7-11)5-9(15)14-4-3-12-10(14)16/h8,17H,3-7H2,1-2H3,(H,12,16). The van der Waals surface area contributed by atoms with Crippen molar-refractivity contribution in [3.8, 4) is 0 Å². The van der Waals surface area contributed by atoms with Gasteiger partial charge in [-0.05, 0) is 5.92 Å². The molecule has 6 nitrogen and oxygen atoms in total. The van der Waals surface area contributed by atoms with Gasteiger partial charge in [0.2, 0.25) is 5.91 Å². The first-order valence-electron chi connectivity index (χ1n) is 5.95. The molecule has 6 heteroatoms. The number of imide groups is 1. The van der Waals surface area contributed by atoms with Crippen molar-refractivity contribution in [1.82, 2.24) is 15.1 Å². The van der Waals surface area contributed by atoms with Crippen LogP contribution in [0.25, 0.3) is 0 Å². The van der Waals surface area contributed by atoms with E-state index in [9.17, 15) is 14.7 Å². The van der Waals surface area contributed by atoms with E-state index in [0.717, 1.165) is 0 Å². The Morgan fingerprint density at radius 2 is 2.18 bits per heavy atom. The van der Waals surface area contributed by atoms with Gasteiger partial charge in [0.15, 0.2) is 0 Å². The number of amides is 3. The number of urea groups is 1. The number of β-amino-alcohol motifs (C(OH)–C–C–N with tert-alkyl or cyclic N) is 1.